The fraction of sp³-hybridized carbons (Fsp3) is 0.529. The monoisotopic (exact) mass is 311 g/mol. The second-order valence-electron chi connectivity index (χ2n) is 6.23. The number of rotatable bonds is 3. The second kappa shape index (κ2) is 6.51. The van der Waals surface area contributed by atoms with Crippen LogP contribution in [0.1, 0.15) is 31.2 Å². The Balaban J connectivity index is 0.00000147. The smallest absolute Gasteiger partial charge is 0.0406 e. The van der Waals surface area contributed by atoms with Crippen LogP contribution in [0.25, 0.3) is 5.57 Å². The van der Waals surface area contributed by atoms with Gasteiger partial charge in [-0.25, -0.2) is 0 Å². The van der Waals surface area contributed by atoms with Gasteiger partial charge in [0.15, 0.2) is 0 Å². The summed E-state index contributed by atoms with van der Waals surface area (Å²) in [4.78, 5) is 2.31. The van der Waals surface area contributed by atoms with Gasteiger partial charge in [0.25, 0.3) is 0 Å². The first-order valence-corrected chi connectivity index (χ1v) is 7.66. The normalized spacial score (nSPS) is 25.0. The number of benzene rings is 1. The third kappa shape index (κ3) is 3.05. The zero-order valence-electron chi connectivity index (χ0n) is 12.2. The zero-order chi connectivity index (χ0) is 13.4. The maximum absolute atomic E-state index is 6.03. The van der Waals surface area contributed by atoms with Crippen LogP contribution in [0, 0.1) is 11.8 Å². The highest BCUT2D eigenvalue weighted by Gasteiger charge is 2.35. The molecule has 0 N–H and O–H groups in total. The first kappa shape index (κ1) is 15.9. The number of likely N-dealkylation sites (N-methyl/N-ethyl adjacent to an activating group) is 1. The van der Waals surface area contributed by atoms with E-state index in [0.29, 0.717) is 0 Å². The van der Waals surface area contributed by atoms with Crippen LogP contribution in [0.15, 0.2) is 29.8 Å². The Hall–Kier alpha value is -0.500. The van der Waals surface area contributed by atoms with E-state index in [-0.39, 0.29) is 12.4 Å². The van der Waals surface area contributed by atoms with Crippen molar-refractivity contribution in [1.82, 2.24) is 4.90 Å². The van der Waals surface area contributed by atoms with Crippen LogP contribution in [-0.2, 0) is 0 Å². The van der Waals surface area contributed by atoms with E-state index in [1.807, 2.05) is 12.1 Å². The van der Waals surface area contributed by atoms with Gasteiger partial charge in [-0.15, -0.1) is 12.4 Å². The van der Waals surface area contributed by atoms with E-state index in [1.54, 1.807) is 11.1 Å². The van der Waals surface area contributed by atoms with Crippen molar-refractivity contribution < 1.29 is 0 Å². The van der Waals surface area contributed by atoms with Crippen molar-refractivity contribution in [3.63, 3.8) is 0 Å². The van der Waals surface area contributed by atoms with E-state index in [4.69, 9.17) is 11.6 Å². The third-order valence-electron chi connectivity index (χ3n) is 4.62. The average molecular weight is 312 g/mol. The van der Waals surface area contributed by atoms with Gasteiger partial charge in [-0.05, 0) is 80.5 Å². The van der Waals surface area contributed by atoms with Crippen LogP contribution in [0.2, 0.25) is 5.02 Å². The highest BCUT2D eigenvalue weighted by atomic mass is 35.5. The Kier molecular flexibility index (Phi) is 5.17. The topological polar surface area (TPSA) is 3.24 Å². The molecule has 0 amide bonds. The molecule has 4 rings (SSSR count). The minimum Gasteiger partial charge on any atom is -0.305 e. The SMILES string of the molecule is CN(C)CC1=C(c2ccc(Cl)cc2)C2CCC1CC2.Cl. The van der Waals surface area contributed by atoms with E-state index in [1.165, 1.54) is 31.2 Å². The number of hydrogen-bond donors (Lipinski definition) is 0. The lowest BCUT2D eigenvalue weighted by Crippen LogP contribution is -2.31. The molecule has 3 aliphatic rings. The Morgan fingerprint density at radius 1 is 1.00 bits per heavy atom. The highest BCUT2D eigenvalue weighted by molar-refractivity contribution is 6.30. The van der Waals surface area contributed by atoms with Gasteiger partial charge in [-0.2, -0.15) is 0 Å². The van der Waals surface area contributed by atoms with E-state index in [2.05, 4.69) is 31.1 Å². The fourth-order valence-corrected chi connectivity index (χ4v) is 3.94. The van der Waals surface area contributed by atoms with Gasteiger partial charge in [0.1, 0.15) is 0 Å². The van der Waals surface area contributed by atoms with Crippen molar-refractivity contribution in [2.24, 2.45) is 11.8 Å². The lowest BCUT2D eigenvalue weighted by Gasteiger charge is -2.41. The van der Waals surface area contributed by atoms with Crippen LogP contribution in [0.5, 0.6) is 0 Å². The summed E-state index contributed by atoms with van der Waals surface area (Å²) in [5, 5.41) is 0.833. The molecule has 1 aromatic rings. The van der Waals surface area contributed by atoms with Gasteiger partial charge in [0.05, 0.1) is 0 Å². The molecule has 0 aliphatic heterocycles. The minimum atomic E-state index is 0. The average Bonchev–Trinajstić information content (AvgIpc) is 2.41. The maximum Gasteiger partial charge on any atom is 0.0406 e. The molecule has 0 radical (unpaired) electrons. The summed E-state index contributed by atoms with van der Waals surface area (Å²) < 4.78 is 0. The van der Waals surface area contributed by atoms with Crippen LogP contribution in [0.3, 0.4) is 0 Å². The largest absolute Gasteiger partial charge is 0.305 e. The number of hydrogen-bond acceptors (Lipinski definition) is 1. The molecule has 0 aromatic heterocycles. The van der Waals surface area contributed by atoms with Crippen LogP contribution in [-0.4, -0.2) is 25.5 Å². The zero-order valence-corrected chi connectivity index (χ0v) is 13.8. The lowest BCUT2D eigenvalue weighted by molar-refractivity contribution is 0.299. The summed E-state index contributed by atoms with van der Waals surface area (Å²) in [5.41, 5.74) is 4.72. The molecular weight excluding hydrogens is 289 g/mol. The van der Waals surface area contributed by atoms with Crippen LogP contribution < -0.4 is 0 Å². The van der Waals surface area contributed by atoms with Crippen LogP contribution >= 0.6 is 24.0 Å². The number of allylic oxidation sites excluding steroid dienone is 1. The van der Waals surface area contributed by atoms with Crippen molar-refractivity contribution in [1.29, 1.82) is 0 Å². The summed E-state index contributed by atoms with van der Waals surface area (Å²) in [6.45, 7) is 1.11. The van der Waals surface area contributed by atoms with E-state index in [0.717, 1.165) is 23.4 Å². The number of halogens is 2. The molecule has 0 saturated heterocycles. The van der Waals surface area contributed by atoms with Crippen molar-refractivity contribution in [3.8, 4) is 0 Å². The van der Waals surface area contributed by atoms with E-state index < -0.39 is 0 Å². The van der Waals surface area contributed by atoms with Gasteiger partial charge in [-0.1, -0.05) is 23.7 Å². The molecule has 0 heterocycles. The Morgan fingerprint density at radius 3 is 2.10 bits per heavy atom. The van der Waals surface area contributed by atoms with Crippen molar-refractivity contribution in [3.05, 3.63) is 40.4 Å². The molecule has 20 heavy (non-hydrogen) atoms. The van der Waals surface area contributed by atoms with E-state index in [9.17, 15) is 0 Å². The van der Waals surface area contributed by atoms with Gasteiger partial charge in [0.2, 0.25) is 0 Å². The van der Waals surface area contributed by atoms with Gasteiger partial charge in [-0.3, -0.25) is 0 Å². The molecular formula is C17H23Cl2N. The molecule has 1 nitrogen and oxygen atoms in total. The maximum atomic E-state index is 6.03. The summed E-state index contributed by atoms with van der Waals surface area (Å²) in [5.74, 6) is 1.60. The molecule has 3 heteroatoms. The van der Waals surface area contributed by atoms with Gasteiger partial charge in [0, 0.05) is 11.6 Å². The molecule has 2 bridgehead atoms. The van der Waals surface area contributed by atoms with Crippen molar-refractivity contribution in [2.75, 3.05) is 20.6 Å². The van der Waals surface area contributed by atoms with Crippen LogP contribution in [0.4, 0.5) is 0 Å². The number of fused-ring (bicyclic) bond motifs is 2. The highest BCUT2D eigenvalue weighted by Crippen LogP contribution is 2.49. The Labute approximate surface area is 133 Å². The Morgan fingerprint density at radius 2 is 1.55 bits per heavy atom. The summed E-state index contributed by atoms with van der Waals surface area (Å²) >= 11 is 6.03. The molecule has 3 aliphatic carbocycles. The lowest BCUT2D eigenvalue weighted by atomic mass is 9.65. The molecule has 0 spiro atoms. The third-order valence-corrected chi connectivity index (χ3v) is 4.87. The van der Waals surface area contributed by atoms with Crippen molar-refractivity contribution >= 4 is 29.6 Å². The first-order chi connectivity index (χ1) is 9.15. The Bertz CT molecular complexity index is 482. The quantitative estimate of drug-likeness (QED) is 0.767. The van der Waals surface area contributed by atoms with Gasteiger partial charge < -0.3 is 4.90 Å². The fourth-order valence-electron chi connectivity index (χ4n) is 3.82. The predicted molar refractivity (Wildman–Crippen MR) is 89.6 cm³/mol. The molecule has 1 saturated carbocycles. The molecule has 110 valence electrons. The first-order valence-electron chi connectivity index (χ1n) is 7.28. The molecule has 1 fully saturated rings. The summed E-state index contributed by atoms with van der Waals surface area (Å²) in [7, 11) is 4.35. The second-order valence-corrected chi connectivity index (χ2v) is 6.67. The van der Waals surface area contributed by atoms with E-state index >= 15 is 0 Å². The van der Waals surface area contributed by atoms with Gasteiger partial charge >= 0.3 is 0 Å². The summed E-state index contributed by atoms with van der Waals surface area (Å²) in [6, 6.07) is 8.46. The molecule has 0 unspecified atom stereocenters. The van der Waals surface area contributed by atoms with Crippen molar-refractivity contribution in [2.45, 2.75) is 25.7 Å². The standard InChI is InChI=1S/C17H22ClN.ClH/c1-19(2)11-16-12-3-5-13(6-4-12)17(16)14-7-9-15(18)10-8-14;/h7-10,12-13H,3-6,11H2,1-2H3;1H. The minimum absolute atomic E-state index is 0. The number of nitrogens with zero attached hydrogens (tertiary/aromatic N) is 1. The summed E-state index contributed by atoms with van der Waals surface area (Å²) in [6.07, 6.45) is 5.54. The molecule has 1 aromatic carbocycles. The predicted octanol–water partition coefficient (Wildman–Crippen LogP) is 4.90. The molecule has 0 atom stereocenters.